The monoisotopic (exact) mass is 400 g/mol. The molecule has 0 saturated heterocycles. The Morgan fingerprint density at radius 1 is 1.19 bits per heavy atom. The Hall–Kier alpha value is -2.37. The van der Waals surface area contributed by atoms with E-state index in [1.807, 2.05) is 0 Å². The molecule has 26 heavy (non-hydrogen) atoms. The van der Waals surface area contributed by atoms with Crippen LogP contribution in [0.3, 0.4) is 0 Å². The topological polar surface area (TPSA) is 70.4 Å². The molecule has 0 unspecified atom stereocenters. The molecule has 0 aliphatic carbocycles. The zero-order valence-electron chi connectivity index (χ0n) is 13.4. The van der Waals surface area contributed by atoms with Crippen molar-refractivity contribution in [2.75, 3.05) is 5.94 Å². The molecule has 0 aliphatic heterocycles. The van der Waals surface area contributed by atoms with Crippen molar-refractivity contribution in [3.63, 3.8) is 0 Å². The molecule has 6 nitrogen and oxygen atoms in total. The lowest BCUT2D eigenvalue weighted by Crippen LogP contribution is -2.16. The molecule has 0 radical (unpaired) electrons. The van der Waals surface area contributed by atoms with Gasteiger partial charge in [0.2, 0.25) is 21.3 Å². The van der Waals surface area contributed by atoms with E-state index < -0.39 is 45.9 Å². The van der Waals surface area contributed by atoms with Gasteiger partial charge in [-0.3, -0.25) is 0 Å². The summed E-state index contributed by atoms with van der Waals surface area (Å²) in [5.74, 6) is -3.48. The minimum absolute atomic E-state index is 0.197. The summed E-state index contributed by atoms with van der Waals surface area (Å²) in [4.78, 5) is -0.197. The first-order valence-electron chi connectivity index (χ1n) is 6.93. The van der Waals surface area contributed by atoms with Crippen LogP contribution in [0.1, 0.15) is 11.3 Å². The quantitative estimate of drug-likeness (QED) is 0.697. The highest BCUT2D eigenvalue weighted by atomic mass is 32.2. The predicted octanol–water partition coefficient (Wildman–Crippen LogP) is 3.16. The Labute approximate surface area is 145 Å². The van der Waals surface area contributed by atoms with E-state index in [0.29, 0.717) is 4.68 Å². The number of hydrogen-bond acceptors (Lipinski definition) is 5. The third-order valence-electron chi connectivity index (χ3n) is 3.16. The molecule has 144 valence electrons. The fraction of sp³-hybridized carbons (Fsp3) is 0.357. The van der Waals surface area contributed by atoms with Gasteiger partial charge in [-0.2, -0.15) is 27.1 Å². The Bertz CT molecular complexity index is 876. The number of benzene rings is 1. The molecule has 0 aliphatic rings. The number of aryl methyl sites for hydroxylation is 2. The number of halogens is 5. The maximum atomic E-state index is 13.0. The molecule has 0 amide bonds. The van der Waals surface area contributed by atoms with Crippen LogP contribution in [0.5, 0.6) is 11.6 Å². The van der Waals surface area contributed by atoms with Crippen molar-refractivity contribution < 1.29 is 39.8 Å². The summed E-state index contributed by atoms with van der Waals surface area (Å²) in [6, 6.07) is 5.48. The van der Waals surface area contributed by atoms with Crippen LogP contribution in [0.4, 0.5) is 22.0 Å². The molecule has 0 atom stereocenters. The fourth-order valence-corrected chi connectivity index (χ4v) is 2.93. The first-order chi connectivity index (χ1) is 11.9. The molecule has 0 saturated carbocycles. The molecule has 1 aromatic carbocycles. The first kappa shape index (κ1) is 19.9. The van der Waals surface area contributed by atoms with Crippen LogP contribution in [0.15, 0.2) is 29.2 Å². The molecular weight excluding hydrogens is 387 g/mol. The number of alkyl halides is 5. The lowest BCUT2D eigenvalue weighted by Gasteiger charge is -2.11. The van der Waals surface area contributed by atoms with Gasteiger partial charge in [0.25, 0.3) is 5.88 Å². The second-order valence-electron chi connectivity index (χ2n) is 5.17. The molecule has 0 spiro atoms. The summed E-state index contributed by atoms with van der Waals surface area (Å²) in [5.41, 5.74) is -0.904. The molecular formula is C14H13F5N2O4S. The van der Waals surface area contributed by atoms with Gasteiger partial charge in [-0.05, 0) is 19.1 Å². The highest BCUT2D eigenvalue weighted by molar-refractivity contribution is 7.91. The molecule has 12 heteroatoms. The summed E-state index contributed by atoms with van der Waals surface area (Å²) < 4.78 is 97.4. The Balaban J connectivity index is 2.37. The largest absolute Gasteiger partial charge is 0.470 e. The highest BCUT2D eigenvalue weighted by Gasteiger charge is 2.42. The summed E-state index contributed by atoms with van der Waals surface area (Å²) in [6.07, 6.45) is -5.07. The van der Waals surface area contributed by atoms with Gasteiger partial charge in [0.1, 0.15) is 0 Å². The van der Waals surface area contributed by atoms with E-state index >= 15 is 0 Å². The van der Waals surface area contributed by atoms with Gasteiger partial charge >= 0.3 is 12.8 Å². The molecule has 0 fully saturated rings. The average molecular weight is 400 g/mol. The van der Waals surface area contributed by atoms with Gasteiger partial charge in [0.15, 0.2) is 5.94 Å². The van der Waals surface area contributed by atoms with E-state index in [1.54, 1.807) is 6.92 Å². The van der Waals surface area contributed by atoms with E-state index in [0.717, 1.165) is 12.6 Å². The maximum Gasteiger partial charge on any atom is 0.439 e. The zero-order valence-corrected chi connectivity index (χ0v) is 14.2. The van der Waals surface area contributed by atoms with Crippen molar-refractivity contribution in [1.82, 2.24) is 9.78 Å². The summed E-state index contributed by atoms with van der Waals surface area (Å²) >= 11 is 0. The lowest BCUT2D eigenvalue weighted by molar-refractivity contribution is -0.142. The summed E-state index contributed by atoms with van der Waals surface area (Å²) in [5, 5.41) is 3.03. The number of aromatic nitrogens is 2. The van der Waals surface area contributed by atoms with Crippen LogP contribution in [0, 0.1) is 6.92 Å². The Morgan fingerprint density at radius 2 is 1.77 bits per heavy atom. The Morgan fingerprint density at radius 3 is 2.27 bits per heavy atom. The minimum Gasteiger partial charge on any atom is -0.470 e. The average Bonchev–Trinajstić information content (AvgIpc) is 2.82. The van der Waals surface area contributed by atoms with Crippen molar-refractivity contribution in [2.24, 2.45) is 7.05 Å². The predicted molar refractivity (Wildman–Crippen MR) is 78.7 cm³/mol. The second kappa shape index (κ2) is 7.09. The van der Waals surface area contributed by atoms with E-state index in [2.05, 4.69) is 9.84 Å². The van der Waals surface area contributed by atoms with Gasteiger partial charge < -0.3 is 9.47 Å². The SMILES string of the molecule is Cc1ccc(S(=O)(=O)COc2c(C(F)(F)F)nn(C)c2OC(F)F)cc1. The number of sulfone groups is 1. The van der Waals surface area contributed by atoms with Gasteiger partial charge in [-0.25, -0.2) is 13.1 Å². The molecule has 1 heterocycles. The van der Waals surface area contributed by atoms with E-state index in [1.165, 1.54) is 24.3 Å². The van der Waals surface area contributed by atoms with Gasteiger partial charge in [-0.1, -0.05) is 17.7 Å². The molecule has 2 aromatic rings. The third kappa shape index (κ3) is 4.42. The van der Waals surface area contributed by atoms with Gasteiger partial charge in [0.05, 0.1) is 4.90 Å². The van der Waals surface area contributed by atoms with Crippen molar-refractivity contribution in [3.05, 3.63) is 35.5 Å². The molecule has 0 N–H and O–H groups in total. The molecule has 0 bridgehead atoms. The van der Waals surface area contributed by atoms with Crippen LogP contribution < -0.4 is 9.47 Å². The van der Waals surface area contributed by atoms with Gasteiger partial charge in [-0.15, -0.1) is 0 Å². The van der Waals surface area contributed by atoms with Crippen LogP contribution in [-0.4, -0.2) is 30.7 Å². The van der Waals surface area contributed by atoms with Crippen molar-refractivity contribution in [1.29, 1.82) is 0 Å². The van der Waals surface area contributed by atoms with Gasteiger partial charge in [0, 0.05) is 7.05 Å². The van der Waals surface area contributed by atoms with Crippen molar-refractivity contribution in [3.8, 4) is 11.6 Å². The minimum atomic E-state index is -5.07. The number of hydrogen-bond donors (Lipinski definition) is 0. The standard InChI is InChI=1S/C14H13F5N2O4S/c1-8-3-5-9(6-4-8)26(22,23)7-24-10-11(14(17,18)19)20-21(2)12(10)25-13(15)16/h3-6,13H,7H2,1-2H3. The summed E-state index contributed by atoms with van der Waals surface area (Å²) in [6.45, 7) is -1.74. The fourth-order valence-electron chi connectivity index (χ4n) is 1.97. The molecule has 2 rings (SSSR count). The van der Waals surface area contributed by atoms with Crippen LogP contribution in [0.2, 0.25) is 0 Å². The summed E-state index contributed by atoms with van der Waals surface area (Å²) in [7, 11) is -3.22. The van der Waals surface area contributed by atoms with E-state index in [-0.39, 0.29) is 4.90 Å². The van der Waals surface area contributed by atoms with Crippen molar-refractivity contribution >= 4 is 9.84 Å². The second-order valence-corrected chi connectivity index (χ2v) is 7.11. The van der Waals surface area contributed by atoms with Crippen molar-refractivity contribution in [2.45, 2.75) is 24.6 Å². The number of ether oxygens (including phenoxy) is 2. The van der Waals surface area contributed by atoms with Crippen LogP contribution >= 0.6 is 0 Å². The zero-order chi connectivity index (χ0) is 19.7. The number of rotatable bonds is 6. The van der Waals surface area contributed by atoms with E-state index in [4.69, 9.17) is 4.74 Å². The maximum absolute atomic E-state index is 13.0. The normalized spacial score (nSPS) is 12.5. The van der Waals surface area contributed by atoms with Crippen LogP contribution in [-0.2, 0) is 23.1 Å². The van der Waals surface area contributed by atoms with E-state index in [9.17, 15) is 30.4 Å². The third-order valence-corrected chi connectivity index (χ3v) is 4.58. The Kier molecular flexibility index (Phi) is 5.44. The smallest absolute Gasteiger partial charge is 0.439 e. The number of nitrogens with zero attached hydrogens (tertiary/aromatic N) is 2. The highest BCUT2D eigenvalue weighted by Crippen LogP contribution is 2.41. The lowest BCUT2D eigenvalue weighted by atomic mass is 10.2. The first-order valence-corrected chi connectivity index (χ1v) is 8.58. The molecule has 1 aromatic heterocycles. The van der Waals surface area contributed by atoms with Crippen LogP contribution in [0.25, 0.3) is 0 Å².